The number of carbonyl (C=O) groups is 2. The molecule has 2 heterocycles. The van der Waals surface area contributed by atoms with Crippen LogP contribution in [0.5, 0.6) is 0 Å². The van der Waals surface area contributed by atoms with Gasteiger partial charge in [-0.05, 0) is 24.3 Å². The smallest absolute Gasteiger partial charge is 0.228 e. The maximum absolute atomic E-state index is 12.7. The number of hydrogen-bond acceptors (Lipinski definition) is 4. The van der Waals surface area contributed by atoms with E-state index in [0.29, 0.717) is 37.7 Å². The second-order valence-corrected chi connectivity index (χ2v) is 8.79. The lowest BCUT2D eigenvalue weighted by atomic mass is 10.1. The number of sulfonamides is 1. The van der Waals surface area contributed by atoms with Crippen LogP contribution in [0.2, 0.25) is 5.02 Å². The molecule has 0 aromatic heterocycles. The molecule has 136 valence electrons. The van der Waals surface area contributed by atoms with Gasteiger partial charge in [0, 0.05) is 49.9 Å². The number of hydrogen-bond donors (Lipinski definition) is 0. The highest BCUT2D eigenvalue weighted by molar-refractivity contribution is 7.88. The van der Waals surface area contributed by atoms with Gasteiger partial charge < -0.3 is 9.80 Å². The van der Waals surface area contributed by atoms with Crippen LogP contribution in [0.1, 0.15) is 6.42 Å². The fourth-order valence-corrected chi connectivity index (χ4v) is 4.19. The van der Waals surface area contributed by atoms with Gasteiger partial charge in [0.05, 0.1) is 12.2 Å². The Morgan fingerprint density at radius 1 is 1.12 bits per heavy atom. The number of carbonyl (C=O) groups excluding carboxylic acids is 2. The van der Waals surface area contributed by atoms with Gasteiger partial charge in [0.2, 0.25) is 21.8 Å². The summed E-state index contributed by atoms with van der Waals surface area (Å²) in [5.74, 6) is -0.568. The van der Waals surface area contributed by atoms with Gasteiger partial charge in [-0.3, -0.25) is 9.59 Å². The number of nitrogens with zero attached hydrogens (tertiary/aromatic N) is 3. The predicted octanol–water partition coefficient (Wildman–Crippen LogP) is 0.797. The Hall–Kier alpha value is -1.64. The van der Waals surface area contributed by atoms with Crippen molar-refractivity contribution in [2.75, 3.05) is 43.9 Å². The molecule has 1 aromatic carbocycles. The highest BCUT2D eigenvalue weighted by Gasteiger charge is 2.38. The summed E-state index contributed by atoms with van der Waals surface area (Å²) < 4.78 is 24.5. The second-order valence-electron chi connectivity index (χ2n) is 6.37. The average molecular weight is 386 g/mol. The molecule has 0 bridgehead atoms. The summed E-state index contributed by atoms with van der Waals surface area (Å²) in [4.78, 5) is 28.2. The van der Waals surface area contributed by atoms with Crippen LogP contribution >= 0.6 is 11.6 Å². The molecule has 7 nitrogen and oxygen atoms in total. The number of anilines is 1. The number of benzene rings is 1. The zero-order valence-electron chi connectivity index (χ0n) is 13.9. The van der Waals surface area contributed by atoms with E-state index in [2.05, 4.69) is 0 Å². The van der Waals surface area contributed by atoms with Crippen molar-refractivity contribution >= 4 is 39.1 Å². The third kappa shape index (κ3) is 3.96. The van der Waals surface area contributed by atoms with Crippen molar-refractivity contribution in [3.05, 3.63) is 29.3 Å². The first-order valence-corrected chi connectivity index (χ1v) is 10.3. The minimum Gasteiger partial charge on any atom is -0.340 e. The molecular weight excluding hydrogens is 366 g/mol. The molecule has 2 aliphatic heterocycles. The summed E-state index contributed by atoms with van der Waals surface area (Å²) in [5, 5.41) is 0.590. The van der Waals surface area contributed by atoms with E-state index in [9.17, 15) is 18.0 Å². The van der Waals surface area contributed by atoms with Crippen molar-refractivity contribution in [1.29, 1.82) is 0 Å². The van der Waals surface area contributed by atoms with E-state index in [0.717, 1.165) is 5.69 Å². The van der Waals surface area contributed by atoms with Crippen molar-refractivity contribution in [2.24, 2.45) is 5.92 Å². The van der Waals surface area contributed by atoms with Crippen LogP contribution in [0.3, 0.4) is 0 Å². The normalized spacial score (nSPS) is 22.5. The van der Waals surface area contributed by atoms with E-state index in [1.165, 1.54) is 10.6 Å². The zero-order valence-corrected chi connectivity index (χ0v) is 15.5. The lowest BCUT2D eigenvalue weighted by Gasteiger charge is -2.34. The maximum atomic E-state index is 12.7. The third-order valence-corrected chi connectivity index (χ3v) is 6.19. The summed E-state index contributed by atoms with van der Waals surface area (Å²) in [5.41, 5.74) is 0.728. The van der Waals surface area contributed by atoms with Gasteiger partial charge in [0.25, 0.3) is 0 Å². The molecule has 2 saturated heterocycles. The molecule has 0 spiro atoms. The van der Waals surface area contributed by atoms with E-state index in [1.807, 2.05) is 0 Å². The quantitative estimate of drug-likeness (QED) is 0.771. The number of amides is 2. The molecule has 3 rings (SSSR count). The summed E-state index contributed by atoms with van der Waals surface area (Å²) in [6.07, 6.45) is 1.35. The minimum atomic E-state index is -3.23. The molecule has 1 aromatic rings. The Morgan fingerprint density at radius 3 is 2.28 bits per heavy atom. The van der Waals surface area contributed by atoms with E-state index in [-0.39, 0.29) is 18.2 Å². The highest BCUT2D eigenvalue weighted by Crippen LogP contribution is 2.27. The topological polar surface area (TPSA) is 78.0 Å². The molecule has 2 aliphatic rings. The first kappa shape index (κ1) is 18.2. The van der Waals surface area contributed by atoms with Crippen LogP contribution in [0.15, 0.2) is 24.3 Å². The Balaban J connectivity index is 1.63. The van der Waals surface area contributed by atoms with E-state index in [4.69, 9.17) is 11.6 Å². The van der Waals surface area contributed by atoms with Gasteiger partial charge >= 0.3 is 0 Å². The lowest BCUT2D eigenvalue weighted by Crippen LogP contribution is -2.51. The van der Waals surface area contributed by atoms with Crippen molar-refractivity contribution in [3.8, 4) is 0 Å². The van der Waals surface area contributed by atoms with Crippen LogP contribution in [0.25, 0.3) is 0 Å². The van der Waals surface area contributed by atoms with Gasteiger partial charge in [-0.1, -0.05) is 11.6 Å². The Kier molecular flexibility index (Phi) is 5.04. The van der Waals surface area contributed by atoms with Crippen LogP contribution < -0.4 is 4.90 Å². The van der Waals surface area contributed by atoms with E-state index in [1.54, 1.807) is 34.1 Å². The molecule has 0 saturated carbocycles. The largest absolute Gasteiger partial charge is 0.340 e. The van der Waals surface area contributed by atoms with Crippen molar-refractivity contribution in [1.82, 2.24) is 9.21 Å². The van der Waals surface area contributed by atoms with Crippen molar-refractivity contribution in [2.45, 2.75) is 6.42 Å². The SMILES string of the molecule is CS(=O)(=O)N1CCN(C(=O)[C@H]2CC(=O)N(c3ccc(Cl)cc3)C2)CC1. The molecule has 0 radical (unpaired) electrons. The minimum absolute atomic E-state index is 0.0852. The summed E-state index contributed by atoms with van der Waals surface area (Å²) in [6.45, 7) is 1.65. The monoisotopic (exact) mass is 385 g/mol. The first-order valence-electron chi connectivity index (χ1n) is 8.05. The van der Waals surface area contributed by atoms with E-state index >= 15 is 0 Å². The van der Waals surface area contributed by atoms with Crippen molar-refractivity contribution in [3.63, 3.8) is 0 Å². The molecule has 25 heavy (non-hydrogen) atoms. The van der Waals surface area contributed by atoms with Gasteiger partial charge in [-0.2, -0.15) is 4.31 Å². The lowest BCUT2D eigenvalue weighted by molar-refractivity contribution is -0.136. The van der Waals surface area contributed by atoms with Gasteiger partial charge in [0.1, 0.15) is 0 Å². The zero-order chi connectivity index (χ0) is 18.2. The Morgan fingerprint density at radius 2 is 1.72 bits per heavy atom. The number of piperazine rings is 1. The van der Waals surface area contributed by atoms with Gasteiger partial charge in [-0.15, -0.1) is 0 Å². The average Bonchev–Trinajstić information content (AvgIpc) is 2.96. The number of halogens is 1. The van der Waals surface area contributed by atoms with Crippen LogP contribution in [0.4, 0.5) is 5.69 Å². The molecule has 0 N–H and O–H groups in total. The summed E-state index contributed by atoms with van der Waals surface area (Å²) in [7, 11) is -3.23. The predicted molar refractivity (Wildman–Crippen MR) is 94.9 cm³/mol. The fourth-order valence-electron chi connectivity index (χ4n) is 3.24. The maximum Gasteiger partial charge on any atom is 0.228 e. The molecule has 0 aliphatic carbocycles. The van der Waals surface area contributed by atoms with Gasteiger partial charge in [-0.25, -0.2) is 8.42 Å². The Labute approximate surface area is 152 Å². The van der Waals surface area contributed by atoms with Crippen LogP contribution in [-0.4, -0.2) is 68.4 Å². The highest BCUT2D eigenvalue weighted by atomic mass is 35.5. The van der Waals surface area contributed by atoms with Crippen LogP contribution in [0, 0.1) is 5.92 Å². The molecule has 2 fully saturated rings. The first-order chi connectivity index (χ1) is 11.8. The summed E-state index contributed by atoms with van der Waals surface area (Å²) >= 11 is 5.87. The molecule has 9 heteroatoms. The number of rotatable bonds is 3. The Bertz CT molecular complexity index is 773. The van der Waals surface area contributed by atoms with Crippen LogP contribution in [-0.2, 0) is 19.6 Å². The third-order valence-electron chi connectivity index (χ3n) is 4.63. The van der Waals surface area contributed by atoms with Crippen molar-refractivity contribution < 1.29 is 18.0 Å². The molecule has 2 amide bonds. The molecular formula is C16H20ClN3O4S. The molecule has 1 atom stereocenters. The standard InChI is InChI=1S/C16H20ClN3O4S/c1-25(23,24)19-8-6-18(7-9-19)16(22)12-10-15(21)20(11-12)14-4-2-13(17)3-5-14/h2-5,12H,6-11H2,1H3/t12-/m0/s1. The summed E-state index contributed by atoms with van der Waals surface area (Å²) in [6, 6.07) is 6.95. The van der Waals surface area contributed by atoms with E-state index < -0.39 is 15.9 Å². The van der Waals surface area contributed by atoms with Gasteiger partial charge in [0.15, 0.2) is 0 Å². The second kappa shape index (κ2) is 6.93. The molecule has 0 unspecified atom stereocenters. The fraction of sp³-hybridized carbons (Fsp3) is 0.500.